The number of benzene rings is 1. The van der Waals surface area contributed by atoms with Crippen molar-refractivity contribution in [2.24, 2.45) is 0 Å². The summed E-state index contributed by atoms with van der Waals surface area (Å²) in [5.41, 5.74) is 0.484. The first-order chi connectivity index (χ1) is 10.8. The number of hydrogen-bond acceptors (Lipinski definition) is 5. The van der Waals surface area contributed by atoms with Crippen LogP contribution in [0.15, 0.2) is 28.8 Å². The first kappa shape index (κ1) is 17.0. The molecular weight excluding hydrogens is 294 g/mol. The molecular formula is C17H23N3O3. The number of rotatable bonds is 6. The van der Waals surface area contributed by atoms with E-state index in [9.17, 15) is 4.79 Å². The number of nitrogens with zero attached hydrogens (tertiary/aromatic N) is 2. The molecule has 124 valence electrons. The van der Waals surface area contributed by atoms with Crippen LogP contribution < -0.4 is 10.1 Å². The highest BCUT2D eigenvalue weighted by Crippen LogP contribution is 2.24. The van der Waals surface area contributed by atoms with Crippen molar-refractivity contribution in [1.82, 2.24) is 15.5 Å². The summed E-state index contributed by atoms with van der Waals surface area (Å²) in [5.74, 6) is 1.93. The van der Waals surface area contributed by atoms with Gasteiger partial charge < -0.3 is 14.6 Å². The molecule has 0 radical (unpaired) electrons. The average Bonchev–Trinajstić information content (AvgIpc) is 2.95. The van der Waals surface area contributed by atoms with Crippen LogP contribution in [0.5, 0.6) is 5.75 Å². The minimum absolute atomic E-state index is 0.133. The Morgan fingerprint density at radius 2 is 2.17 bits per heavy atom. The predicted molar refractivity (Wildman–Crippen MR) is 86.3 cm³/mol. The Morgan fingerprint density at radius 3 is 2.83 bits per heavy atom. The van der Waals surface area contributed by atoms with Crippen LogP contribution >= 0.6 is 0 Å². The van der Waals surface area contributed by atoms with E-state index in [0.717, 1.165) is 11.3 Å². The van der Waals surface area contributed by atoms with E-state index in [1.807, 2.05) is 38.1 Å². The molecule has 0 aliphatic heterocycles. The van der Waals surface area contributed by atoms with Crippen LogP contribution in [0.3, 0.4) is 0 Å². The molecule has 23 heavy (non-hydrogen) atoms. The third-order valence-corrected chi connectivity index (χ3v) is 3.66. The van der Waals surface area contributed by atoms with E-state index < -0.39 is 5.54 Å². The monoisotopic (exact) mass is 317 g/mol. The van der Waals surface area contributed by atoms with Gasteiger partial charge in [-0.2, -0.15) is 4.98 Å². The highest BCUT2D eigenvalue weighted by Gasteiger charge is 2.27. The molecule has 1 N–H and O–H groups in total. The molecule has 1 amide bonds. The van der Waals surface area contributed by atoms with Crippen LogP contribution in [0.2, 0.25) is 0 Å². The van der Waals surface area contributed by atoms with E-state index >= 15 is 0 Å². The van der Waals surface area contributed by atoms with E-state index in [1.54, 1.807) is 7.11 Å². The van der Waals surface area contributed by atoms with E-state index in [2.05, 4.69) is 22.4 Å². The molecule has 6 nitrogen and oxygen atoms in total. The van der Waals surface area contributed by atoms with Gasteiger partial charge in [-0.25, -0.2) is 0 Å². The fourth-order valence-electron chi connectivity index (χ4n) is 2.42. The number of ether oxygens (including phenoxy) is 1. The first-order valence-corrected chi connectivity index (χ1v) is 7.57. The zero-order valence-corrected chi connectivity index (χ0v) is 14.2. The Kier molecular flexibility index (Phi) is 5.03. The van der Waals surface area contributed by atoms with Crippen LogP contribution in [0.25, 0.3) is 0 Å². The van der Waals surface area contributed by atoms with Gasteiger partial charge in [0, 0.05) is 13.3 Å². The van der Waals surface area contributed by atoms with Gasteiger partial charge in [0.2, 0.25) is 11.8 Å². The van der Waals surface area contributed by atoms with Gasteiger partial charge in [0.25, 0.3) is 0 Å². The fraction of sp³-hybridized carbons (Fsp3) is 0.471. The Labute approximate surface area is 136 Å². The van der Waals surface area contributed by atoms with Crippen molar-refractivity contribution in [2.75, 3.05) is 7.11 Å². The number of methoxy groups -OCH3 is 1. The van der Waals surface area contributed by atoms with Gasteiger partial charge in [-0.1, -0.05) is 24.2 Å². The van der Waals surface area contributed by atoms with Crippen LogP contribution in [0.1, 0.15) is 50.9 Å². The van der Waals surface area contributed by atoms with E-state index in [4.69, 9.17) is 9.26 Å². The van der Waals surface area contributed by atoms with Crippen molar-refractivity contribution in [3.8, 4) is 5.75 Å². The molecule has 2 rings (SSSR count). The molecule has 0 saturated carbocycles. The van der Waals surface area contributed by atoms with Crippen LogP contribution in [0, 0.1) is 0 Å². The number of carbonyl (C=O) groups excluding carboxylic acids is 1. The van der Waals surface area contributed by atoms with Crippen molar-refractivity contribution in [2.45, 2.75) is 45.6 Å². The summed E-state index contributed by atoms with van der Waals surface area (Å²) < 4.78 is 10.6. The molecule has 0 fully saturated rings. The van der Waals surface area contributed by atoms with E-state index in [1.165, 1.54) is 6.92 Å². The molecule has 1 aromatic heterocycles. The summed E-state index contributed by atoms with van der Waals surface area (Å²) in [7, 11) is 1.65. The number of hydrogen-bond donors (Lipinski definition) is 1. The second-order valence-electron chi connectivity index (χ2n) is 6.20. The number of nitrogens with one attached hydrogen (secondary N) is 1. The molecule has 1 atom stereocenters. The van der Waals surface area contributed by atoms with Gasteiger partial charge >= 0.3 is 0 Å². The normalized spacial score (nSPS) is 12.7. The summed E-state index contributed by atoms with van der Waals surface area (Å²) >= 11 is 0. The predicted octanol–water partition coefficient (Wildman–Crippen LogP) is 2.80. The second kappa shape index (κ2) is 6.81. The molecule has 0 aliphatic carbocycles. The maximum atomic E-state index is 11.3. The lowest BCUT2D eigenvalue weighted by molar-refractivity contribution is -0.120. The van der Waals surface area contributed by atoms with E-state index in [0.29, 0.717) is 18.1 Å². The van der Waals surface area contributed by atoms with E-state index in [-0.39, 0.29) is 11.8 Å². The lowest BCUT2D eigenvalue weighted by Crippen LogP contribution is -2.40. The molecule has 2 aromatic rings. The lowest BCUT2D eigenvalue weighted by atomic mass is 9.97. The van der Waals surface area contributed by atoms with Crippen LogP contribution in [-0.4, -0.2) is 23.2 Å². The van der Waals surface area contributed by atoms with Gasteiger partial charge in [0.05, 0.1) is 12.6 Å². The largest absolute Gasteiger partial charge is 0.497 e. The van der Waals surface area contributed by atoms with Crippen molar-refractivity contribution in [3.63, 3.8) is 0 Å². The van der Waals surface area contributed by atoms with Gasteiger partial charge in [0.15, 0.2) is 5.82 Å². The van der Waals surface area contributed by atoms with Gasteiger partial charge in [-0.3, -0.25) is 4.79 Å². The molecule has 0 spiro atoms. The highest BCUT2D eigenvalue weighted by atomic mass is 16.5. The smallest absolute Gasteiger partial charge is 0.227 e. The molecule has 1 aromatic carbocycles. The van der Waals surface area contributed by atoms with Crippen molar-refractivity contribution < 1.29 is 14.1 Å². The molecule has 0 saturated heterocycles. The maximum Gasteiger partial charge on any atom is 0.227 e. The second-order valence-corrected chi connectivity index (χ2v) is 6.20. The fourth-order valence-corrected chi connectivity index (χ4v) is 2.42. The summed E-state index contributed by atoms with van der Waals surface area (Å²) in [6, 6.07) is 7.93. The standard InChI is InChI=1S/C17H23N3O3/c1-11(13-7-6-8-14(10-13)22-5)9-15-18-16(20-23-15)17(3,4)19-12(2)21/h6-8,10-11H,9H2,1-5H3,(H,19,21). The Morgan fingerprint density at radius 1 is 1.43 bits per heavy atom. The number of aromatic nitrogens is 2. The summed E-state index contributed by atoms with van der Waals surface area (Å²) in [4.78, 5) is 15.7. The summed E-state index contributed by atoms with van der Waals surface area (Å²) in [6.45, 7) is 7.24. The third kappa shape index (κ3) is 4.31. The molecule has 0 bridgehead atoms. The van der Waals surface area contributed by atoms with Gasteiger partial charge in [0.1, 0.15) is 5.75 Å². The van der Waals surface area contributed by atoms with Crippen molar-refractivity contribution in [3.05, 3.63) is 41.5 Å². The topological polar surface area (TPSA) is 77.2 Å². The van der Waals surface area contributed by atoms with Gasteiger partial charge in [-0.05, 0) is 37.5 Å². The molecule has 1 unspecified atom stereocenters. The zero-order valence-electron chi connectivity index (χ0n) is 14.2. The van der Waals surface area contributed by atoms with Crippen molar-refractivity contribution in [1.29, 1.82) is 0 Å². The maximum absolute atomic E-state index is 11.3. The van der Waals surface area contributed by atoms with Crippen LogP contribution in [-0.2, 0) is 16.8 Å². The Hall–Kier alpha value is -2.37. The lowest BCUT2D eigenvalue weighted by Gasteiger charge is -2.20. The SMILES string of the molecule is COc1cccc(C(C)Cc2nc(C(C)(C)NC(C)=O)no2)c1. The Bertz CT molecular complexity index is 679. The third-order valence-electron chi connectivity index (χ3n) is 3.66. The highest BCUT2D eigenvalue weighted by molar-refractivity contribution is 5.73. The summed E-state index contributed by atoms with van der Waals surface area (Å²) in [5, 5.41) is 6.80. The minimum atomic E-state index is -0.660. The zero-order chi connectivity index (χ0) is 17.0. The first-order valence-electron chi connectivity index (χ1n) is 7.57. The minimum Gasteiger partial charge on any atom is -0.497 e. The average molecular weight is 317 g/mol. The Balaban J connectivity index is 2.10. The van der Waals surface area contributed by atoms with Gasteiger partial charge in [-0.15, -0.1) is 0 Å². The molecule has 0 aliphatic rings. The van der Waals surface area contributed by atoms with Crippen LogP contribution in [0.4, 0.5) is 0 Å². The summed E-state index contributed by atoms with van der Waals surface area (Å²) in [6.07, 6.45) is 0.621. The molecule has 6 heteroatoms. The number of amides is 1. The number of carbonyl (C=O) groups is 1. The molecule has 1 heterocycles. The van der Waals surface area contributed by atoms with Crippen molar-refractivity contribution >= 4 is 5.91 Å². The quantitative estimate of drug-likeness (QED) is 0.886.